The molecule has 0 saturated heterocycles. The average Bonchev–Trinajstić information content (AvgIpc) is 2.36. The Morgan fingerprint density at radius 1 is 1.00 bits per heavy atom. The van der Waals surface area contributed by atoms with Gasteiger partial charge >= 0.3 is 0 Å². The monoisotopic (exact) mass is 325 g/mol. The fraction of sp³-hybridized carbons (Fsp3) is 0.143. The molecule has 0 spiro atoms. The Labute approximate surface area is 118 Å². The van der Waals surface area contributed by atoms with Gasteiger partial charge in [0.25, 0.3) is 0 Å². The molecule has 0 aliphatic rings. The number of phenols is 2. The van der Waals surface area contributed by atoms with Gasteiger partial charge in [0, 0.05) is 29.2 Å². The largest absolute Gasteiger partial charge is 0.508 e. The second kappa shape index (κ2) is 6.04. The molecule has 0 amide bonds. The molecule has 100 valence electrons. The lowest BCUT2D eigenvalue weighted by molar-refractivity contribution is 0.443. The Balaban J connectivity index is 1.98. The fourth-order valence-electron chi connectivity index (χ4n) is 1.71. The molecule has 2 aromatic rings. The zero-order valence-electron chi connectivity index (χ0n) is 10.0. The van der Waals surface area contributed by atoms with Crippen LogP contribution in [0, 0.1) is 5.82 Å². The van der Waals surface area contributed by atoms with Gasteiger partial charge in [0.05, 0.1) is 0 Å². The van der Waals surface area contributed by atoms with Crippen LogP contribution in [0.15, 0.2) is 40.9 Å². The second-order valence-corrected chi connectivity index (χ2v) is 5.01. The molecule has 0 atom stereocenters. The van der Waals surface area contributed by atoms with Crippen LogP contribution in [-0.4, -0.2) is 10.2 Å². The number of phenolic OH excluding ortho intramolecular Hbond substituents is 2. The maximum Gasteiger partial charge on any atom is 0.123 e. The van der Waals surface area contributed by atoms with E-state index in [0.717, 1.165) is 10.0 Å². The molecule has 5 heteroatoms. The quantitative estimate of drug-likeness (QED) is 0.808. The van der Waals surface area contributed by atoms with Crippen molar-refractivity contribution in [2.24, 2.45) is 0 Å². The molecular weight excluding hydrogens is 313 g/mol. The molecule has 0 unspecified atom stereocenters. The van der Waals surface area contributed by atoms with Gasteiger partial charge in [-0.1, -0.05) is 22.0 Å². The fourth-order valence-corrected chi connectivity index (χ4v) is 2.10. The molecule has 0 fully saturated rings. The third kappa shape index (κ3) is 3.68. The predicted octanol–water partition coefficient (Wildman–Crippen LogP) is 3.29. The molecule has 0 radical (unpaired) electrons. The molecule has 2 rings (SSSR count). The third-order valence-corrected chi connectivity index (χ3v) is 3.48. The standard InChI is InChI=1S/C14H13BrFNO2/c15-13-4-2-11(16)5-10(13)8-17-7-9-1-3-12(18)6-14(9)19/h1-6,17-19H,7-8H2. The van der Waals surface area contributed by atoms with Crippen LogP contribution in [0.5, 0.6) is 11.5 Å². The van der Waals surface area contributed by atoms with Crippen LogP contribution in [0.1, 0.15) is 11.1 Å². The third-order valence-electron chi connectivity index (χ3n) is 2.71. The average molecular weight is 326 g/mol. The van der Waals surface area contributed by atoms with Crippen molar-refractivity contribution in [3.8, 4) is 11.5 Å². The van der Waals surface area contributed by atoms with E-state index in [2.05, 4.69) is 21.2 Å². The summed E-state index contributed by atoms with van der Waals surface area (Å²) in [6.07, 6.45) is 0. The summed E-state index contributed by atoms with van der Waals surface area (Å²) in [5.74, 6) is -0.229. The number of hydrogen-bond donors (Lipinski definition) is 3. The Morgan fingerprint density at radius 3 is 2.47 bits per heavy atom. The van der Waals surface area contributed by atoms with Crippen LogP contribution in [0.3, 0.4) is 0 Å². The summed E-state index contributed by atoms with van der Waals surface area (Å²) in [7, 11) is 0. The first kappa shape index (κ1) is 13.8. The molecule has 0 bridgehead atoms. The van der Waals surface area contributed by atoms with Crippen molar-refractivity contribution in [3.63, 3.8) is 0 Å². The smallest absolute Gasteiger partial charge is 0.123 e. The van der Waals surface area contributed by atoms with Gasteiger partial charge in [-0.25, -0.2) is 4.39 Å². The van der Waals surface area contributed by atoms with E-state index in [9.17, 15) is 14.6 Å². The lowest BCUT2D eigenvalue weighted by atomic mass is 10.1. The Kier molecular flexibility index (Phi) is 4.39. The van der Waals surface area contributed by atoms with Gasteiger partial charge in [0.15, 0.2) is 0 Å². The van der Waals surface area contributed by atoms with Gasteiger partial charge in [0.2, 0.25) is 0 Å². The van der Waals surface area contributed by atoms with Crippen molar-refractivity contribution >= 4 is 15.9 Å². The minimum absolute atomic E-state index is 0.0223. The van der Waals surface area contributed by atoms with Crippen molar-refractivity contribution in [1.29, 1.82) is 0 Å². The zero-order chi connectivity index (χ0) is 13.8. The summed E-state index contributed by atoms with van der Waals surface area (Å²) >= 11 is 3.35. The highest BCUT2D eigenvalue weighted by molar-refractivity contribution is 9.10. The molecule has 3 N–H and O–H groups in total. The van der Waals surface area contributed by atoms with Gasteiger partial charge in [0.1, 0.15) is 17.3 Å². The van der Waals surface area contributed by atoms with Crippen LogP contribution in [0.2, 0.25) is 0 Å². The van der Waals surface area contributed by atoms with Gasteiger partial charge in [-0.2, -0.15) is 0 Å². The summed E-state index contributed by atoms with van der Waals surface area (Å²) in [5, 5.41) is 21.9. The van der Waals surface area contributed by atoms with E-state index < -0.39 is 0 Å². The first-order valence-electron chi connectivity index (χ1n) is 5.72. The highest BCUT2D eigenvalue weighted by Crippen LogP contribution is 2.23. The lowest BCUT2D eigenvalue weighted by Crippen LogP contribution is -2.13. The van der Waals surface area contributed by atoms with E-state index in [4.69, 9.17) is 0 Å². The highest BCUT2D eigenvalue weighted by Gasteiger charge is 2.04. The summed E-state index contributed by atoms with van der Waals surface area (Å²) in [4.78, 5) is 0. The highest BCUT2D eigenvalue weighted by atomic mass is 79.9. The summed E-state index contributed by atoms with van der Waals surface area (Å²) in [6.45, 7) is 0.897. The van der Waals surface area contributed by atoms with E-state index in [-0.39, 0.29) is 17.3 Å². The van der Waals surface area contributed by atoms with Crippen LogP contribution >= 0.6 is 15.9 Å². The predicted molar refractivity (Wildman–Crippen MR) is 74.4 cm³/mol. The van der Waals surface area contributed by atoms with Gasteiger partial charge in [-0.05, 0) is 29.8 Å². The van der Waals surface area contributed by atoms with E-state index in [1.807, 2.05) is 0 Å². The van der Waals surface area contributed by atoms with E-state index in [0.29, 0.717) is 18.7 Å². The number of aromatic hydroxyl groups is 2. The van der Waals surface area contributed by atoms with Crippen molar-refractivity contribution in [3.05, 3.63) is 57.8 Å². The van der Waals surface area contributed by atoms with Gasteiger partial charge in [-0.15, -0.1) is 0 Å². The molecule has 0 saturated carbocycles. The zero-order valence-corrected chi connectivity index (χ0v) is 11.6. The number of hydrogen-bond acceptors (Lipinski definition) is 3. The Morgan fingerprint density at radius 2 is 1.74 bits per heavy atom. The molecular formula is C14H13BrFNO2. The summed E-state index contributed by atoms with van der Waals surface area (Å²) < 4.78 is 13.9. The number of rotatable bonds is 4. The van der Waals surface area contributed by atoms with Crippen molar-refractivity contribution in [2.75, 3.05) is 0 Å². The lowest BCUT2D eigenvalue weighted by Gasteiger charge is -2.09. The molecule has 0 aliphatic carbocycles. The first-order chi connectivity index (χ1) is 9.06. The SMILES string of the molecule is Oc1ccc(CNCc2cc(F)ccc2Br)c(O)c1. The van der Waals surface area contributed by atoms with E-state index >= 15 is 0 Å². The first-order valence-corrected chi connectivity index (χ1v) is 6.51. The van der Waals surface area contributed by atoms with Crippen molar-refractivity contribution < 1.29 is 14.6 Å². The van der Waals surface area contributed by atoms with Gasteiger partial charge < -0.3 is 15.5 Å². The van der Waals surface area contributed by atoms with E-state index in [1.54, 1.807) is 12.1 Å². The number of nitrogens with one attached hydrogen (secondary N) is 1. The van der Waals surface area contributed by atoms with Crippen LogP contribution in [0.4, 0.5) is 4.39 Å². The number of halogens is 2. The maximum absolute atomic E-state index is 13.1. The molecule has 19 heavy (non-hydrogen) atoms. The molecule has 2 aromatic carbocycles. The summed E-state index contributed by atoms with van der Waals surface area (Å²) in [5.41, 5.74) is 1.48. The van der Waals surface area contributed by atoms with Crippen LogP contribution in [-0.2, 0) is 13.1 Å². The normalized spacial score (nSPS) is 10.6. The maximum atomic E-state index is 13.1. The molecule has 0 heterocycles. The summed E-state index contributed by atoms with van der Waals surface area (Å²) in [6, 6.07) is 8.93. The van der Waals surface area contributed by atoms with Crippen LogP contribution < -0.4 is 5.32 Å². The number of benzene rings is 2. The molecule has 0 aliphatic heterocycles. The van der Waals surface area contributed by atoms with Crippen LogP contribution in [0.25, 0.3) is 0 Å². The van der Waals surface area contributed by atoms with Gasteiger partial charge in [-0.3, -0.25) is 0 Å². The second-order valence-electron chi connectivity index (χ2n) is 4.15. The van der Waals surface area contributed by atoms with Crippen molar-refractivity contribution in [1.82, 2.24) is 5.32 Å². The topological polar surface area (TPSA) is 52.5 Å². The Bertz CT molecular complexity index is 590. The molecule has 0 aromatic heterocycles. The Hall–Kier alpha value is -1.59. The molecule has 3 nitrogen and oxygen atoms in total. The van der Waals surface area contributed by atoms with E-state index in [1.165, 1.54) is 24.3 Å². The van der Waals surface area contributed by atoms with Crippen molar-refractivity contribution in [2.45, 2.75) is 13.1 Å². The minimum Gasteiger partial charge on any atom is -0.508 e. The minimum atomic E-state index is -0.285.